The zero-order valence-corrected chi connectivity index (χ0v) is 11.3. The van der Waals surface area contributed by atoms with E-state index in [1.54, 1.807) is 4.90 Å². The summed E-state index contributed by atoms with van der Waals surface area (Å²) in [6.45, 7) is 1.60. The van der Waals surface area contributed by atoms with Crippen LogP contribution in [0.3, 0.4) is 0 Å². The van der Waals surface area contributed by atoms with Crippen LogP contribution in [-0.2, 0) is 0 Å². The van der Waals surface area contributed by atoms with Crippen LogP contribution in [0.1, 0.15) is 23.2 Å². The van der Waals surface area contributed by atoms with Gasteiger partial charge in [-0.05, 0) is 37.4 Å². The third-order valence-corrected chi connectivity index (χ3v) is 3.32. The van der Waals surface area contributed by atoms with Gasteiger partial charge in [0.25, 0.3) is 5.91 Å². The number of hydrogen-bond donors (Lipinski definition) is 1. The van der Waals surface area contributed by atoms with Gasteiger partial charge in [-0.15, -0.1) is 12.4 Å². The van der Waals surface area contributed by atoms with E-state index < -0.39 is 17.5 Å². The molecule has 0 aromatic heterocycles. The lowest BCUT2D eigenvalue weighted by Gasteiger charge is -2.32. The topological polar surface area (TPSA) is 46.3 Å². The second-order valence-corrected chi connectivity index (χ2v) is 4.60. The van der Waals surface area contributed by atoms with E-state index in [1.807, 2.05) is 0 Å². The normalized spacial score (nSPS) is 18.9. The number of piperidine rings is 1. The molecule has 0 bridgehead atoms. The van der Waals surface area contributed by atoms with Gasteiger partial charge >= 0.3 is 0 Å². The smallest absolute Gasteiger partial charge is 0.256 e. The number of rotatable bonds is 2. The number of hydrogen-bond acceptors (Lipinski definition) is 2. The highest BCUT2D eigenvalue weighted by atomic mass is 35.5. The summed E-state index contributed by atoms with van der Waals surface area (Å²) in [5.41, 5.74) is 5.39. The molecule has 1 atom stereocenters. The van der Waals surface area contributed by atoms with Crippen LogP contribution < -0.4 is 5.73 Å². The quantitative estimate of drug-likeness (QED) is 0.907. The minimum atomic E-state index is -1.07. The highest BCUT2D eigenvalue weighted by Gasteiger charge is 2.26. The summed E-state index contributed by atoms with van der Waals surface area (Å²) in [7, 11) is 0. The second kappa shape index (κ2) is 6.82. The maximum absolute atomic E-state index is 13.5. The summed E-state index contributed by atoms with van der Waals surface area (Å²) in [5.74, 6) is -2.27. The fourth-order valence-electron chi connectivity index (χ4n) is 2.28. The van der Waals surface area contributed by atoms with Crippen molar-refractivity contribution in [1.82, 2.24) is 4.90 Å². The molecule has 1 aromatic rings. The van der Waals surface area contributed by atoms with Crippen LogP contribution in [0.25, 0.3) is 0 Å². The van der Waals surface area contributed by atoms with E-state index in [4.69, 9.17) is 5.73 Å². The lowest BCUT2D eigenvalue weighted by molar-refractivity contribution is 0.0672. The van der Waals surface area contributed by atoms with Gasteiger partial charge in [0.15, 0.2) is 11.6 Å². The van der Waals surface area contributed by atoms with E-state index in [2.05, 4.69) is 0 Å². The molecule has 6 heteroatoms. The van der Waals surface area contributed by atoms with Crippen molar-refractivity contribution in [2.45, 2.75) is 12.8 Å². The zero-order chi connectivity index (χ0) is 13.1. The maximum atomic E-state index is 13.5. The number of nitrogens with two attached hydrogens (primary N) is 1. The Morgan fingerprint density at radius 2 is 2.16 bits per heavy atom. The van der Waals surface area contributed by atoms with Crippen molar-refractivity contribution in [3.63, 3.8) is 0 Å². The molecule has 1 saturated heterocycles. The molecular formula is C13H17ClF2N2O. The minimum absolute atomic E-state index is 0. The Bertz CT molecular complexity index is 456. The molecule has 1 aliphatic heterocycles. The summed E-state index contributed by atoms with van der Waals surface area (Å²) in [4.78, 5) is 13.7. The van der Waals surface area contributed by atoms with Gasteiger partial charge in [-0.2, -0.15) is 0 Å². The fourth-order valence-corrected chi connectivity index (χ4v) is 2.28. The number of likely N-dealkylation sites (tertiary alicyclic amines) is 1. The molecule has 0 spiro atoms. The number of nitrogens with zero attached hydrogens (tertiary/aromatic N) is 1. The molecule has 1 aliphatic rings. The van der Waals surface area contributed by atoms with Gasteiger partial charge in [-0.25, -0.2) is 8.78 Å². The van der Waals surface area contributed by atoms with Crippen molar-refractivity contribution in [2.75, 3.05) is 19.6 Å². The van der Waals surface area contributed by atoms with Gasteiger partial charge in [0, 0.05) is 13.1 Å². The van der Waals surface area contributed by atoms with Crippen LogP contribution in [0.4, 0.5) is 8.78 Å². The molecule has 0 saturated carbocycles. The highest BCUT2D eigenvalue weighted by Crippen LogP contribution is 2.19. The van der Waals surface area contributed by atoms with E-state index in [9.17, 15) is 13.6 Å². The molecule has 1 unspecified atom stereocenters. The fraction of sp³-hybridized carbons (Fsp3) is 0.462. The summed E-state index contributed by atoms with van der Waals surface area (Å²) < 4.78 is 26.6. The first-order valence-corrected chi connectivity index (χ1v) is 6.07. The molecule has 106 valence electrons. The second-order valence-electron chi connectivity index (χ2n) is 4.60. The predicted molar refractivity (Wildman–Crippen MR) is 71.3 cm³/mol. The maximum Gasteiger partial charge on any atom is 0.256 e. The molecular weight excluding hydrogens is 274 g/mol. The monoisotopic (exact) mass is 290 g/mol. The Morgan fingerprint density at radius 1 is 1.42 bits per heavy atom. The van der Waals surface area contributed by atoms with Gasteiger partial charge in [0.05, 0.1) is 5.56 Å². The molecule has 1 amide bonds. The molecule has 0 aliphatic carbocycles. The highest BCUT2D eigenvalue weighted by molar-refractivity contribution is 5.94. The van der Waals surface area contributed by atoms with Crippen molar-refractivity contribution < 1.29 is 13.6 Å². The number of carbonyl (C=O) groups is 1. The summed E-state index contributed by atoms with van der Waals surface area (Å²) in [5, 5.41) is 0. The number of halogens is 3. The molecule has 1 heterocycles. The Hall–Kier alpha value is -1.20. The van der Waals surface area contributed by atoms with Crippen LogP contribution in [0, 0.1) is 17.6 Å². The van der Waals surface area contributed by atoms with E-state index >= 15 is 0 Å². The third kappa shape index (κ3) is 3.42. The molecule has 2 N–H and O–H groups in total. The van der Waals surface area contributed by atoms with Crippen molar-refractivity contribution in [3.05, 3.63) is 35.4 Å². The van der Waals surface area contributed by atoms with Crippen molar-refractivity contribution in [1.29, 1.82) is 0 Å². The third-order valence-electron chi connectivity index (χ3n) is 3.32. The molecule has 2 rings (SSSR count). The Kier molecular flexibility index (Phi) is 5.69. The van der Waals surface area contributed by atoms with Crippen LogP contribution in [-0.4, -0.2) is 30.4 Å². The van der Waals surface area contributed by atoms with E-state index in [0.29, 0.717) is 19.6 Å². The average molecular weight is 291 g/mol. The molecule has 3 nitrogen and oxygen atoms in total. The Morgan fingerprint density at radius 3 is 2.84 bits per heavy atom. The first-order chi connectivity index (χ1) is 8.63. The van der Waals surface area contributed by atoms with Crippen molar-refractivity contribution in [3.8, 4) is 0 Å². The van der Waals surface area contributed by atoms with Gasteiger partial charge in [0.1, 0.15) is 0 Å². The largest absolute Gasteiger partial charge is 0.338 e. The van der Waals surface area contributed by atoms with Crippen LogP contribution >= 0.6 is 12.4 Å². The molecule has 1 fully saturated rings. The molecule has 1 aromatic carbocycles. The molecule has 0 radical (unpaired) electrons. The Labute approximate surface area is 117 Å². The lowest BCUT2D eigenvalue weighted by atomic mass is 9.97. The first-order valence-electron chi connectivity index (χ1n) is 6.07. The van der Waals surface area contributed by atoms with E-state index in [1.165, 1.54) is 12.1 Å². The van der Waals surface area contributed by atoms with Crippen molar-refractivity contribution in [2.24, 2.45) is 11.7 Å². The molecule has 19 heavy (non-hydrogen) atoms. The van der Waals surface area contributed by atoms with Gasteiger partial charge in [0.2, 0.25) is 0 Å². The summed E-state index contributed by atoms with van der Waals surface area (Å²) in [6, 6.07) is 3.66. The van der Waals surface area contributed by atoms with Crippen molar-refractivity contribution >= 4 is 18.3 Å². The van der Waals surface area contributed by atoms with E-state index in [0.717, 1.165) is 18.9 Å². The van der Waals surface area contributed by atoms with Crippen LogP contribution in [0.2, 0.25) is 0 Å². The number of amides is 1. The van der Waals surface area contributed by atoms with E-state index in [-0.39, 0.29) is 23.9 Å². The van der Waals surface area contributed by atoms with Crippen LogP contribution in [0.5, 0.6) is 0 Å². The predicted octanol–water partition coefficient (Wildman–Crippen LogP) is 2.20. The van der Waals surface area contributed by atoms with Gasteiger partial charge < -0.3 is 10.6 Å². The van der Waals surface area contributed by atoms with Gasteiger partial charge in [-0.1, -0.05) is 6.07 Å². The number of benzene rings is 1. The SMILES string of the molecule is Cl.NCC1CCCN(C(=O)c2cccc(F)c2F)C1. The van der Waals surface area contributed by atoms with Gasteiger partial charge in [-0.3, -0.25) is 4.79 Å². The standard InChI is InChI=1S/C13H16F2N2O.ClH/c14-11-5-1-4-10(12(11)15)13(18)17-6-2-3-9(7-16)8-17;/h1,4-5,9H,2-3,6-8,16H2;1H. The first kappa shape index (κ1) is 15.9. The zero-order valence-electron chi connectivity index (χ0n) is 10.4. The minimum Gasteiger partial charge on any atom is -0.338 e. The average Bonchev–Trinajstić information content (AvgIpc) is 2.41. The summed E-state index contributed by atoms with van der Waals surface area (Å²) in [6.07, 6.45) is 1.83. The summed E-state index contributed by atoms with van der Waals surface area (Å²) >= 11 is 0. The lowest BCUT2D eigenvalue weighted by Crippen LogP contribution is -2.42. The number of carbonyl (C=O) groups excluding carboxylic acids is 1. The van der Waals surface area contributed by atoms with Crippen LogP contribution in [0.15, 0.2) is 18.2 Å². The Balaban J connectivity index is 0.00000180.